The zero-order valence-electron chi connectivity index (χ0n) is 10.0. The largest absolute Gasteiger partial charge is 0.396 e. The zero-order valence-corrected chi connectivity index (χ0v) is 10.0. The molecule has 1 aromatic carbocycles. The van der Waals surface area contributed by atoms with E-state index in [0.29, 0.717) is 24.6 Å². The van der Waals surface area contributed by atoms with E-state index in [4.69, 9.17) is 5.11 Å². The van der Waals surface area contributed by atoms with E-state index >= 15 is 0 Å². The van der Waals surface area contributed by atoms with Crippen LogP contribution in [0.25, 0.3) is 0 Å². The van der Waals surface area contributed by atoms with Crippen molar-refractivity contribution in [1.29, 1.82) is 0 Å². The first-order valence-electron chi connectivity index (χ1n) is 5.92. The number of hydrogen-bond donors (Lipinski definition) is 2. The normalized spacial score (nSPS) is 12.7. The van der Waals surface area contributed by atoms with Gasteiger partial charge >= 0.3 is 0 Å². The molecule has 4 heteroatoms. The van der Waals surface area contributed by atoms with Crippen molar-refractivity contribution in [3.8, 4) is 0 Å². The van der Waals surface area contributed by atoms with Gasteiger partial charge in [-0.05, 0) is 37.1 Å². The van der Waals surface area contributed by atoms with Crippen molar-refractivity contribution >= 4 is 0 Å². The van der Waals surface area contributed by atoms with E-state index in [0.717, 1.165) is 25.0 Å². The summed E-state index contributed by atoms with van der Waals surface area (Å²) in [7, 11) is 0. The van der Waals surface area contributed by atoms with Crippen LogP contribution in [0.4, 0.5) is 8.78 Å². The molecule has 1 atom stereocenters. The van der Waals surface area contributed by atoms with Crippen LogP contribution < -0.4 is 5.32 Å². The van der Waals surface area contributed by atoms with Crippen LogP contribution in [0.1, 0.15) is 25.3 Å². The Morgan fingerprint density at radius 1 is 1.35 bits per heavy atom. The molecular weight excluding hydrogens is 224 g/mol. The predicted molar refractivity (Wildman–Crippen MR) is 63.5 cm³/mol. The van der Waals surface area contributed by atoms with E-state index < -0.39 is 11.6 Å². The molecule has 1 aromatic rings. The Morgan fingerprint density at radius 3 is 2.76 bits per heavy atom. The minimum absolute atomic E-state index is 0.161. The number of halogens is 2. The number of aliphatic hydroxyl groups is 1. The van der Waals surface area contributed by atoms with Crippen molar-refractivity contribution in [2.24, 2.45) is 5.92 Å². The van der Waals surface area contributed by atoms with Crippen molar-refractivity contribution in [2.75, 3.05) is 13.2 Å². The molecule has 1 unspecified atom stereocenters. The van der Waals surface area contributed by atoms with Crippen molar-refractivity contribution in [3.63, 3.8) is 0 Å². The topological polar surface area (TPSA) is 32.3 Å². The molecule has 0 aliphatic heterocycles. The van der Waals surface area contributed by atoms with Gasteiger partial charge < -0.3 is 10.4 Å². The van der Waals surface area contributed by atoms with Gasteiger partial charge in [0.2, 0.25) is 0 Å². The molecule has 0 saturated heterocycles. The van der Waals surface area contributed by atoms with Crippen LogP contribution in [-0.2, 0) is 6.54 Å². The van der Waals surface area contributed by atoms with E-state index in [1.165, 1.54) is 6.07 Å². The van der Waals surface area contributed by atoms with Gasteiger partial charge in [-0.25, -0.2) is 8.78 Å². The Balaban J connectivity index is 2.42. The van der Waals surface area contributed by atoms with E-state index in [1.54, 1.807) is 0 Å². The van der Waals surface area contributed by atoms with Gasteiger partial charge in [-0.2, -0.15) is 0 Å². The predicted octanol–water partition coefficient (Wildman–Crippen LogP) is 2.46. The van der Waals surface area contributed by atoms with E-state index in [2.05, 4.69) is 5.32 Å². The standard InChI is InChI=1S/C13H19F2NO/c1-2-10(5-6-17)8-16-9-11-7-12(14)3-4-13(11)15/h3-4,7,10,16-17H,2,5-6,8-9H2,1H3. The molecule has 0 aromatic heterocycles. The molecule has 1 rings (SSSR count). The second-order valence-electron chi connectivity index (χ2n) is 4.15. The fraction of sp³-hybridized carbons (Fsp3) is 0.538. The fourth-order valence-electron chi connectivity index (χ4n) is 1.72. The summed E-state index contributed by atoms with van der Waals surface area (Å²) in [6.07, 6.45) is 1.69. The third kappa shape index (κ3) is 4.79. The summed E-state index contributed by atoms with van der Waals surface area (Å²) in [6.45, 7) is 3.22. The summed E-state index contributed by atoms with van der Waals surface area (Å²) in [5.74, 6) is -0.448. The van der Waals surface area contributed by atoms with Crippen LogP contribution in [-0.4, -0.2) is 18.3 Å². The first kappa shape index (κ1) is 14.1. The lowest BCUT2D eigenvalue weighted by Gasteiger charge is -2.14. The van der Waals surface area contributed by atoms with Crippen LogP contribution in [0.5, 0.6) is 0 Å². The van der Waals surface area contributed by atoms with E-state index in [-0.39, 0.29) is 6.61 Å². The molecule has 0 aliphatic carbocycles. The molecule has 17 heavy (non-hydrogen) atoms. The molecule has 0 saturated carbocycles. The first-order valence-corrected chi connectivity index (χ1v) is 5.92. The number of nitrogens with one attached hydrogen (secondary N) is 1. The van der Waals surface area contributed by atoms with Gasteiger partial charge in [0.05, 0.1) is 0 Å². The van der Waals surface area contributed by atoms with Crippen LogP contribution in [0.2, 0.25) is 0 Å². The second kappa shape index (κ2) is 7.35. The first-order chi connectivity index (χ1) is 8.17. The minimum atomic E-state index is -0.425. The molecule has 2 nitrogen and oxygen atoms in total. The maximum atomic E-state index is 13.3. The number of benzene rings is 1. The highest BCUT2D eigenvalue weighted by molar-refractivity contribution is 5.18. The summed E-state index contributed by atoms with van der Waals surface area (Å²) in [5, 5.41) is 11.9. The number of hydrogen-bond acceptors (Lipinski definition) is 2. The summed E-state index contributed by atoms with van der Waals surface area (Å²) >= 11 is 0. The van der Waals surface area contributed by atoms with Gasteiger partial charge in [-0.1, -0.05) is 13.3 Å². The Morgan fingerprint density at radius 2 is 2.12 bits per heavy atom. The lowest BCUT2D eigenvalue weighted by molar-refractivity contribution is 0.251. The van der Waals surface area contributed by atoms with Gasteiger partial charge in [-0.3, -0.25) is 0 Å². The van der Waals surface area contributed by atoms with E-state index in [1.807, 2.05) is 6.92 Å². The number of rotatable bonds is 7. The molecule has 0 spiro atoms. The van der Waals surface area contributed by atoms with Crippen LogP contribution in [0, 0.1) is 17.6 Å². The molecule has 0 radical (unpaired) electrons. The van der Waals surface area contributed by atoms with Gasteiger partial charge in [0.15, 0.2) is 0 Å². The lowest BCUT2D eigenvalue weighted by Crippen LogP contribution is -2.23. The van der Waals surface area contributed by atoms with Crippen LogP contribution in [0.3, 0.4) is 0 Å². The molecule has 2 N–H and O–H groups in total. The SMILES string of the molecule is CCC(CCO)CNCc1cc(F)ccc1F. The average molecular weight is 243 g/mol. The number of aliphatic hydroxyl groups excluding tert-OH is 1. The van der Waals surface area contributed by atoms with Crippen LogP contribution in [0.15, 0.2) is 18.2 Å². The molecular formula is C13H19F2NO. The average Bonchev–Trinajstić information content (AvgIpc) is 2.32. The highest BCUT2D eigenvalue weighted by Gasteiger charge is 2.07. The van der Waals surface area contributed by atoms with Gasteiger partial charge in [0.25, 0.3) is 0 Å². The second-order valence-corrected chi connectivity index (χ2v) is 4.15. The van der Waals surface area contributed by atoms with Crippen molar-refractivity contribution < 1.29 is 13.9 Å². The maximum absolute atomic E-state index is 13.3. The Kier molecular flexibility index (Phi) is 6.08. The van der Waals surface area contributed by atoms with Crippen molar-refractivity contribution in [1.82, 2.24) is 5.32 Å². The van der Waals surface area contributed by atoms with E-state index in [9.17, 15) is 8.78 Å². The minimum Gasteiger partial charge on any atom is -0.396 e. The molecule has 0 aliphatic rings. The maximum Gasteiger partial charge on any atom is 0.127 e. The summed E-state index contributed by atoms with van der Waals surface area (Å²) in [4.78, 5) is 0. The smallest absolute Gasteiger partial charge is 0.127 e. The van der Waals surface area contributed by atoms with Crippen molar-refractivity contribution in [2.45, 2.75) is 26.3 Å². The summed E-state index contributed by atoms with van der Waals surface area (Å²) in [5.41, 5.74) is 0.337. The Labute approximate surface area is 101 Å². The molecule has 0 bridgehead atoms. The van der Waals surface area contributed by atoms with Crippen molar-refractivity contribution in [3.05, 3.63) is 35.4 Å². The molecule has 0 amide bonds. The fourth-order valence-corrected chi connectivity index (χ4v) is 1.72. The zero-order chi connectivity index (χ0) is 12.7. The van der Waals surface area contributed by atoms with Gasteiger partial charge in [0.1, 0.15) is 11.6 Å². The highest BCUT2D eigenvalue weighted by Crippen LogP contribution is 2.10. The summed E-state index contributed by atoms with van der Waals surface area (Å²) < 4.78 is 26.2. The quantitative estimate of drug-likeness (QED) is 0.771. The third-order valence-corrected chi connectivity index (χ3v) is 2.87. The van der Waals surface area contributed by atoms with Gasteiger partial charge in [-0.15, -0.1) is 0 Å². The molecule has 96 valence electrons. The Bertz CT molecular complexity index is 344. The van der Waals surface area contributed by atoms with Crippen LogP contribution >= 0.6 is 0 Å². The third-order valence-electron chi connectivity index (χ3n) is 2.87. The summed E-state index contributed by atoms with van der Waals surface area (Å²) in [6, 6.07) is 3.45. The monoisotopic (exact) mass is 243 g/mol. The Hall–Kier alpha value is -1.00. The lowest BCUT2D eigenvalue weighted by atomic mass is 10.0. The molecule has 0 heterocycles. The highest BCUT2D eigenvalue weighted by atomic mass is 19.1. The molecule has 0 fully saturated rings. The van der Waals surface area contributed by atoms with Gasteiger partial charge in [0, 0.05) is 18.7 Å².